The van der Waals surface area contributed by atoms with Gasteiger partial charge in [0.25, 0.3) is 0 Å². The molecule has 0 aliphatic heterocycles. The Bertz CT molecular complexity index is 687. The van der Waals surface area contributed by atoms with Crippen molar-refractivity contribution in [2.24, 2.45) is 0 Å². The Kier molecular flexibility index (Phi) is 3.09. The summed E-state index contributed by atoms with van der Waals surface area (Å²) in [6, 6.07) is 7.17. The highest BCUT2D eigenvalue weighted by molar-refractivity contribution is 6.02. The molecule has 0 unspecified atom stereocenters. The molecule has 0 amide bonds. The van der Waals surface area contributed by atoms with Crippen molar-refractivity contribution in [3.63, 3.8) is 0 Å². The van der Waals surface area contributed by atoms with E-state index in [4.69, 9.17) is 6.42 Å². The predicted molar refractivity (Wildman–Crippen MR) is 73.0 cm³/mol. The first kappa shape index (κ1) is 12.8. The summed E-state index contributed by atoms with van der Waals surface area (Å²) >= 11 is 0. The molecule has 5 heteroatoms. The van der Waals surface area contributed by atoms with E-state index in [1.165, 1.54) is 0 Å². The van der Waals surface area contributed by atoms with Gasteiger partial charge in [-0.2, -0.15) is 0 Å². The molecule has 0 atom stereocenters. The molecule has 0 radical (unpaired) electrons. The number of fused-ring (bicyclic) bond motifs is 1. The lowest BCUT2D eigenvalue weighted by atomic mass is 10.0. The van der Waals surface area contributed by atoms with Gasteiger partial charge < -0.3 is 10.4 Å². The highest BCUT2D eigenvalue weighted by Gasteiger charge is 2.22. The van der Waals surface area contributed by atoms with Crippen molar-refractivity contribution in [1.82, 2.24) is 10.2 Å². The van der Waals surface area contributed by atoms with Crippen LogP contribution >= 0.6 is 0 Å². The van der Waals surface area contributed by atoms with E-state index in [0.29, 0.717) is 16.6 Å². The van der Waals surface area contributed by atoms with Gasteiger partial charge in [-0.25, -0.2) is 4.79 Å². The van der Waals surface area contributed by atoms with Crippen molar-refractivity contribution < 1.29 is 9.90 Å². The van der Waals surface area contributed by atoms with Crippen LogP contribution in [0, 0.1) is 12.3 Å². The quantitative estimate of drug-likeness (QED) is 0.822. The molecule has 2 aromatic rings. The number of aromatic carboxylic acids is 1. The first-order valence-electron chi connectivity index (χ1n) is 5.69. The summed E-state index contributed by atoms with van der Waals surface area (Å²) in [5.41, 5.74) is 0.182. The van der Waals surface area contributed by atoms with Crippen molar-refractivity contribution in [2.45, 2.75) is 19.4 Å². The number of anilines is 1. The van der Waals surface area contributed by atoms with Crippen LogP contribution in [0.5, 0.6) is 0 Å². The molecule has 1 heterocycles. The summed E-state index contributed by atoms with van der Waals surface area (Å²) in [5, 5.41) is 20.6. The molecule has 0 aliphatic rings. The van der Waals surface area contributed by atoms with E-state index in [1.54, 1.807) is 26.0 Å². The fraction of sp³-hybridized carbons (Fsp3) is 0.214. The van der Waals surface area contributed by atoms with E-state index in [0.717, 1.165) is 0 Å². The number of terminal acetylenes is 1. The van der Waals surface area contributed by atoms with E-state index in [-0.39, 0.29) is 5.69 Å². The predicted octanol–water partition coefficient (Wildman–Crippen LogP) is 2.15. The topological polar surface area (TPSA) is 75.1 Å². The summed E-state index contributed by atoms with van der Waals surface area (Å²) in [6.07, 6.45) is 5.43. The molecular weight excluding hydrogens is 242 g/mol. The Morgan fingerprint density at radius 2 is 2.05 bits per heavy atom. The average Bonchev–Trinajstić information content (AvgIpc) is 2.38. The fourth-order valence-electron chi connectivity index (χ4n) is 1.68. The van der Waals surface area contributed by atoms with Crippen LogP contribution in [0.1, 0.15) is 24.3 Å². The molecule has 5 nitrogen and oxygen atoms in total. The molecule has 1 aromatic carbocycles. The zero-order chi connectivity index (χ0) is 14.0. The molecule has 2 rings (SSSR count). The minimum Gasteiger partial charge on any atom is -0.476 e. The smallest absolute Gasteiger partial charge is 0.358 e. The van der Waals surface area contributed by atoms with E-state index < -0.39 is 11.5 Å². The normalized spacial score (nSPS) is 11.0. The molecule has 96 valence electrons. The Balaban J connectivity index is 2.70. The Hall–Kier alpha value is -2.61. The van der Waals surface area contributed by atoms with Gasteiger partial charge >= 0.3 is 5.97 Å². The number of carbonyl (C=O) groups is 1. The van der Waals surface area contributed by atoms with Gasteiger partial charge in [-0.1, -0.05) is 24.1 Å². The summed E-state index contributed by atoms with van der Waals surface area (Å²) in [6.45, 7) is 3.57. The first-order valence-corrected chi connectivity index (χ1v) is 5.69. The number of nitrogens with zero attached hydrogens (tertiary/aromatic N) is 2. The van der Waals surface area contributed by atoms with E-state index in [1.807, 2.05) is 12.1 Å². The zero-order valence-corrected chi connectivity index (χ0v) is 10.6. The second-order valence-corrected chi connectivity index (χ2v) is 4.64. The van der Waals surface area contributed by atoms with E-state index in [9.17, 15) is 9.90 Å². The van der Waals surface area contributed by atoms with Crippen LogP contribution in [0.3, 0.4) is 0 Å². The number of benzene rings is 1. The molecule has 0 saturated heterocycles. The largest absolute Gasteiger partial charge is 0.476 e. The lowest BCUT2D eigenvalue weighted by molar-refractivity contribution is 0.0690. The number of nitrogens with one attached hydrogen (secondary N) is 1. The van der Waals surface area contributed by atoms with Crippen molar-refractivity contribution in [2.75, 3.05) is 5.32 Å². The van der Waals surface area contributed by atoms with Crippen LogP contribution in [-0.4, -0.2) is 26.8 Å². The van der Waals surface area contributed by atoms with Gasteiger partial charge in [0.2, 0.25) is 0 Å². The van der Waals surface area contributed by atoms with E-state index >= 15 is 0 Å². The number of carboxylic acids is 1. The molecule has 1 aromatic heterocycles. The number of rotatable bonds is 3. The maximum Gasteiger partial charge on any atom is 0.358 e. The standard InChI is InChI=1S/C14H13N3O2/c1-4-14(2,3)15-11-9-7-5-6-8-10(9)16-17-12(11)13(18)19/h1,5-8H,2-3H3,(H,15,16)(H,18,19). The third-order valence-corrected chi connectivity index (χ3v) is 2.67. The first-order chi connectivity index (χ1) is 8.94. The molecule has 0 bridgehead atoms. The maximum absolute atomic E-state index is 11.2. The van der Waals surface area contributed by atoms with Gasteiger partial charge in [-0.3, -0.25) is 0 Å². The van der Waals surface area contributed by atoms with Gasteiger partial charge in [-0.05, 0) is 19.9 Å². The lowest BCUT2D eigenvalue weighted by Gasteiger charge is -2.22. The van der Waals surface area contributed by atoms with Crippen LogP contribution < -0.4 is 5.32 Å². The molecule has 19 heavy (non-hydrogen) atoms. The third-order valence-electron chi connectivity index (χ3n) is 2.67. The summed E-state index contributed by atoms with van der Waals surface area (Å²) < 4.78 is 0. The Labute approximate surface area is 110 Å². The summed E-state index contributed by atoms with van der Waals surface area (Å²) in [7, 11) is 0. The highest BCUT2D eigenvalue weighted by Crippen LogP contribution is 2.27. The summed E-state index contributed by atoms with van der Waals surface area (Å²) in [5.74, 6) is 1.42. The third kappa shape index (κ3) is 2.47. The molecular formula is C14H13N3O2. The second-order valence-electron chi connectivity index (χ2n) is 4.64. The fourth-order valence-corrected chi connectivity index (χ4v) is 1.68. The SMILES string of the molecule is C#CC(C)(C)Nc1c(C(=O)O)nnc2ccccc12. The van der Waals surface area contributed by atoms with Crippen molar-refractivity contribution in [1.29, 1.82) is 0 Å². The second kappa shape index (κ2) is 4.58. The van der Waals surface area contributed by atoms with Gasteiger partial charge in [0.1, 0.15) is 0 Å². The Morgan fingerprint density at radius 3 is 2.68 bits per heavy atom. The van der Waals surface area contributed by atoms with Gasteiger partial charge in [-0.15, -0.1) is 16.6 Å². The van der Waals surface area contributed by atoms with Gasteiger partial charge in [0.15, 0.2) is 5.69 Å². The zero-order valence-electron chi connectivity index (χ0n) is 10.6. The van der Waals surface area contributed by atoms with Crippen LogP contribution in [0.4, 0.5) is 5.69 Å². The average molecular weight is 255 g/mol. The number of carboxylic acid groups (broad SMARTS) is 1. The molecule has 0 saturated carbocycles. The molecule has 0 spiro atoms. The summed E-state index contributed by atoms with van der Waals surface area (Å²) in [4.78, 5) is 11.2. The van der Waals surface area contributed by atoms with Crippen molar-refractivity contribution >= 4 is 22.6 Å². The van der Waals surface area contributed by atoms with Crippen LogP contribution in [0.15, 0.2) is 24.3 Å². The molecule has 2 N–H and O–H groups in total. The lowest BCUT2D eigenvalue weighted by Crippen LogP contribution is -2.30. The van der Waals surface area contributed by atoms with E-state index in [2.05, 4.69) is 21.4 Å². The number of hydrogen-bond donors (Lipinski definition) is 2. The highest BCUT2D eigenvalue weighted by atomic mass is 16.4. The minimum atomic E-state index is -1.14. The minimum absolute atomic E-state index is 0.137. The number of aromatic nitrogens is 2. The van der Waals surface area contributed by atoms with Crippen molar-refractivity contribution in [3.8, 4) is 12.3 Å². The Morgan fingerprint density at radius 1 is 1.37 bits per heavy atom. The molecule has 0 fully saturated rings. The monoisotopic (exact) mass is 255 g/mol. The van der Waals surface area contributed by atoms with Crippen molar-refractivity contribution in [3.05, 3.63) is 30.0 Å². The number of hydrogen-bond acceptors (Lipinski definition) is 4. The van der Waals surface area contributed by atoms with Crippen LogP contribution in [0.2, 0.25) is 0 Å². The van der Waals surface area contributed by atoms with Gasteiger partial charge in [0, 0.05) is 5.39 Å². The van der Waals surface area contributed by atoms with Crippen LogP contribution in [-0.2, 0) is 0 Å². The molecule has 0 aliphatic carbocycles. The van der Waals surface area contributed by atoms with Crippen LogP contribution in [0.25, 0.3) is 10.9 Å². The van der Waals surface area contributed by atoms with Gasteiger partial charge in [0.05, 0.1) is 16.7 Å². The maximum atomic E-state index is 11.2.